The first kappa shape index (κ1) is 124. The molecular formula is C116H204N2O6P4. The van der Waals surface area contributed by atoms with Crippen molar-refractivity contribution in [2.24, 2.45) is 23.5 Å². The molecule has 0 fully saturated rings. The number of rotatable bonds is 70. The Kier molecular flexibility index (Phi) is 78.6. The maximum atomic E-state index is 14.5. The number of allylic oxidation sites excluding steroid dienone is 2. The summed E-state index contributed by atoms with van der Waals surface area (Å²) >= 11 is 0. The van der Waals surface area contributed by atoms with Crippen LogP contribution in [0.1, 0.15) is 465 Å². The van der Waals surface area contributed by atoms with Gasteiger partial charge in [0.2, 0.25) is 18.2 Å². The lowest BCUT2D eigenvalue weighted by Gasteiger charge is -2.30. The Morgan fingerprint density at radius 3 is 0.805 bits per heavy atom. The first-order chi connectivity index (χ1) is 61.8. The van der Waals surface area contributed by atoms with Crippen LogP contribution in [0.4, 0.5) is 11.4 Å². The van der Waals surface area contributed by atoms with Crippen molar-refractivity contribution in [2.45, 2.75) is 453 Å². The van der Waals surface area contributed by atoms with Gasteiger partial charge in [-0.05, 0) is 183 Å². The van der Waals surface area contributed by atoms with Gasteiger partial charge in [0.25, 0.3) is 0 Å². The van der Waals surface area contributed by atoms with E-state index in [1.54, 1.807) is 30.3 Å². The van der Waals surface area contributed by atoms with Crippen molar-refractivity contribution in [3.05, 3.63) is 172 Å². The fraction of sp³-hybridized carbons (Fsp3) is 0.707. The molecule has 3 unspecified atom stereocenters. The summed E-state index contributed by atoms with van der Waals surface area (Å²) in [6.07, 6.45) is 79.1. The molecule has 734 valence electrons. The molecule has 0 saturated carbocycles. The number of carbonyl (C=O) groups is 2. The van der Waals surface area contributed by atoms with Crippen LogP contribution >= 0.6 is 28.6 Å². The third-order valence-electron chi connectivity index (χ3n) is 25.9. The molecule has 12 heteroatoms. The van der Waals surface area contributed by atoms with Crippen LogP contribution in [0.2, 0.25) is 0 Å². The molecule has 8 nitrogen and oxygen atoms in total. The molecule has 0 heterocycles. The lowest BCUT2D eigenvalue weighted by Crippen LogP contribution is -2.23. The van der Waals surface area contributed by atoms with E-state index in [4.69, 9.17) is 5.73 Å². The van der Waals surface area contributed by atoms with Crippen molar-refractivity contribution in [1.29, 1.82) is 0 Å². The van der Waals surface area contributed by atoms with Crippen LogP contribution in [-0.2, 0) is 18.3 Å². The molecule has 3 N–H and O–H groups in total. The maximum Gasteiger partial charge on any atom is 0.248 e. The van der Waals surface area contributed by atoms with E-state index in [0.717, 1.165) is 126 Å². The lowest BCUT2D eigenvalue weighted by molar-refractivity contribution is 0.103. The van der Waals surface area contributed by atoms with E-state index in [9.17, 15) is 27.8 Å². The highest BCUT2D eigenvalue weighted by atomic mass is 31.2. The highest BCUT2D eigenvalue weighted by Gasteiger charge is 2.45. The Balaban J connectivity index is 0.00000155. The van der Waals surface area contributed by atoms with Gasteiger partial charge in [0.15, 0.2) is 0 Å². The largest absolute Gasteiger partial charge is 0.356 e. The SMILES string of the molecule is CCCCC(CC)CP(=O)(CC(CC)CCCC)CC(CC)CCCC.CCCCCCCC/C=C\CCCCCCCCN.CCCCCCCCP(=O)(CCCCCCCC)CCCCCCCC.CCCCP(=O)(CCCC)CCCC.Cc1cc(C)c(C(=O)P(=O)(C(=O)c2c(C)cc(C)cc2C)c2ccccc2)c(C)c1.c1ccc(Nc2ccccc2)cc1. The van der Waals surface area contributed by atoms with E-state index < -0.39 is 39.6 Å². The molecule has 3 atom stereocenters. The summed E-state index contributed by atoms with van der Waals surface area (Å²) in [5.41, 5.74) is 12.3. The summed E-state index contributed by atoms with van der Waals surface area (Å²) < 4.78 is 54.7. The molecule has 0 bridgehead atoms. The second-order valence-corrected chi connectivity index (χ2v) is 51.0. The Hall–Kier alpha value is -4.14. The third-order valence-corrected chi connectivity index (χ3v) is 38.9. The Labute approximate surface area is 794 Å². The van der Waals surface area contributed by atoms with Gasteiger partial charge in [0.1, 0.15) is 0 Å². The summed E-state index contributed by atoms with van der Waals surface area (Å²) in [5, 5.41) is 3.58. The summed E-state index contributed by atoms with van der Waals surface area (Å²) in [6.45, 7) is 41.5. The van der Waals surface area contributed by atoms with Gasteiger partial charge >= 0.3 is 0 Å². The van der Waals surface area contributed by atoms with Gasteiger partial charge < -0.3 is 29.3 Å². The number of nitrogens with one attached hydrogen (secondary N) is 1. The Bertz CT molecular complexity index is 3400. The summed E-state index contributed by atoms with van der Waals surface area (Å²) in [7, 11) is -9.83. The van der Waals surface area contributed by atoms with Crippen molar-refractivity contribution >= 4 is 56.3 Å². The molecule has 5 aromatic rings. The van der Waals surface area contributed by atoms with Crippen LogP contribution < -0.4 is 16.4 Å². The predicted molar refractivity (Wildman–Crippen MR) is 580 cm³/mol. The van der Waals surface area contributed by atoms with Crippen molar-refractivity contribution in [2.75, 3.05) is 67.3 Å². The minimum atomic E-state index is -4.11. The monoisotopic (exact) mass is 1850 g/mol. The van der Waals surface area contributed by atoms with E-state index >= 15 is 0 Å². The van der Waals surface area contributed by atoms with Gasteiger partial charge in [-0.2, -0.15) is 0 Å². The van der Waals surface area contributed by atoms with E-state index in [-0.39, 0.29) is 5.30 Å². The number of nitrogens with two attached hydrogens (primary N) is 1. The number of benzene rings is 5. The van der Waals surface area contributed by atoms with E-state index in [2.05, 4.69) is 107 Å². The highest BCUT2D eigenvalue weighted by molar-refractivity contribution is 8.01. The van der Waals surface area contributed by atoms with E-state index in [0.29, 0.717) is 28.9 Å². The van der Waals surface area contributed by atoms with Gasteiger partial charge in [-0.3, -0.25) is 9.59 Å². The number of hydrogen-bond acceptors (Lipinski definition) is 8. The quantitative estimate of drug-likeness (QED) is 0.0223. The second-order valence-electron chi connectivity index (χ2n) is 38.4. The molecular weight excluding hydrogens is 1640 g/mol. The zero-order valence-corrected chi connectivity index (χ0v) is 90.7. The topological polar surface area (TPSA) is 140 Å². The second kappa shape index (κ2) is 81.2. The van der Waals surface area contributed by atoms with Crippen molar-refractivity contribution in [3.8, 4) is 0 Å². The molecule has 0 amide bonds. The van der Waals surface area contributed by atoms with Crippen molar-refractivity contribution < 1.29 is 27.8 Å². The number of carbonyl (C=O) groups excluding carboxylic acids is 2. The number of hydrogen-bond donors (Lipinski definition) is 2. The van der Waals surface area contributed by atoms with Crippen LogP contribution in [0, 0.1) is 59.3 Å². The number of anilines is 2. The molecule has 0 aromatic heterocycles. The van der Waals surface area contributed by atoms with Gasteiger partial charge in [-0.25, -0.2) is 0 Å². The Morgan fingerprint density at radius 2 is 0.539 bits per heavy atom. The van der Waals surface area contributed by atoms with E-state index in [1.165, 1.54) is 302 Å². The van der Waals surface area contributed by atoms with Gasteiger partial charge in [0.05, 0.1) is 21.4 Å². The molecule has 0 spiro atoms. The minimum Gasteiger partial charge on any atom is -0.356 e. The number of para-hydroxylation sites is 2. The first-order valence-corrected chi connectivity index (χ1v) is 62.1. The maximum absolute atomic E-state index is 14.5. The van der Waals surface area contributed by atoms with Crippen LogP contribution in [0.3, 0.4) is 0 Å². The summed E-state index contributed by atoms with van der Waals surface area (Å²) in [6, 6.07) is 36.3. The van der Waals surface area contributed by atoms with Gasteiger partial charge in [-0.15, -0.1) is 0 Å². The number of aryl methyl sites for hydroxylation is 6. The molecule has 5 aromatic carbocycles. The third kappa shape index (κ3) is 59.6. The van der Waals surface area contributed by atoms with E-state index in [1.807, 2.05) is 126 Å². The first-order valence-electron chi connectivity index (χ1n) is 53.6. The minimum absolute atomic E-state index is 0.277. The fourth-order valence-corrected chi connectivity index (χ4v) is 31.4. The highest BCUT2D eigenvalue weighted by Crippen LogP contribution is 2.55. The summed E-state index contributed by atoms with van der Waals surface area (Å²) in [4.78, 5) is 27.7. The smallest absolute Gasteiger partial charge is 0.248 e. The molecule has 0 aliphatic rings. The summed E-state index contributed by atoms with van der Waals surface area (Å²) in [5.74, 6) is 2.06. The molecule has 0 saturated heterocycles. The van der Waals surface area contributed by atoms with Crippen molar-refractivity contribution in [1.82, 2.24) is 0 Å². The van der Waals surface area contributed by atoms with Crippen LogP contribution in [0.5, 0.6) is 0 Å². The van der Waals surface area contributed by atoms with Gasteiger partial charge in [-0.1, -0.05) is 455 Å². The molecule has 0 aliphatic heterocycles. The fourth-order valence-electron chi connectivity index (χ4n) is 17.9. The van der Waals surface area contributed by atoms with Crippen LogP contribution in [0.15, 0.2) is 127 Å². The normalized spacial score (nSPS) is 12.7. The Morgan fingerprint density at radius 1 is 0.297 bits per heavy atom. The van der Waals surface area contributed by atoms with Crippen molar-refractivity contribution in [3.63, 3.8) is 0 Å². The van der Waals surface area contributed by atoms with Crippen LogP contribution in [-0.4, -0.2) is 73.1 Å². The lowest BCUT2D eigenvalue weighted by atomic mass is 10.0. The molecule has 5 rings (SSSR count). The average molecular weight is 1850 g/mol. The number of unbranched alkanes of at least 4 members (excludes halogenated alkanes) is 33. The molecule has 0 radical (unpaired) electrons. The zero-order valence-electron chi connectivity index (χ0n) is 87.1. The zero-order chi connectivity index (χ0) is 95.2. The standard InChI is InChI=1S/C26H27O3P.2C24H51OP.C18H37N.C12H11N.C12H27OP/c1-16-12-18(3)23(19(4)13-16)25(27)30(29,22-10-8-7-9-11-22)26(28)24-20(5)14-17(2)15-21(24)6;1-7-13-16-22(10-4)19-26(25,20-23(11-5)17-14-8-2)21-24(12-6)18-15-9-3;1-4-7-10-13-16-19-22-26(25,23-20-17-14-11-8-5-2)24-21-18-15-12-9-6-3;1-2-3-4-5-6-7-8-9-10-11-12-13-14-15-16-17-18-19;1-3-7-11(8-4-1)13-12-9-5-2-6-10-12;1-4-7-10-14(13,11-8-5-2)12-9-6-3/h7-15H,1-6H3;22-24H,7-21H2,1-6H3;4-24H2,1-3H3;9-10H,2-8,11-19H2,1H3;1-10,13H;4-12H2,1-3H3/b;;;10-9-;;. The molecule has 0 aliphatic carbocycles. The predicted octanol–water partition coefficient (Wildman–Crippen LogP) is 38.8. The molecule has 128 heavy (non-hydrogen) atoms. The average Bonchev–Trinajstić information content (AvgIpc) is 0.745. The van der Waals surface area contributed by atoms with Gasteiger partial charge in [0, 0.05) is 83.3 Å². The van der Waals surface area contributed by atoms with Crippen LogP contribution in [0.25, 0.3) is 0 Å².